The lowest BCUT2D eigenvalue weighted by molar-refractivity contribution is 0.669. The SMILES string of the molecule is [B]c1c([B])c([B])c(-c2cccc(-c3nc(-c4ccccc4)nc(-c4cccc5oc6cc(-c7cccc8c7sc7ccccc78)ccc6c45)n3)c2)c([B])c1[B]. The van der Waals surface area contributed by atoms with Crippen LogP contribution in [0.15, 0.2) is 138 Å². The van der Waals surface area contributed by atoms with Crippen LogP contribution in [0.2, 0.25) is 0 Å². The second kappa shape index (κ2) is 13.0. The number of hydrogen-bond donors (Lipinski definition) is 0. The Labute approximate surface area is 327 Å². The Morgan fingerprint density at radius 3 is 1.85 bits per heavy atom. The zero-order valence-corrected chi connectivity index (χ0v) is 30.1. The highest BCUT2D eigenvalue weighted by molar-refractivity contribution is 7.26. The predicted molar refractivity (Wildman–Crippen MR) is 234 cm³/mol. The monoisotopic (exact) mass is 707 g/mol. The fourth-order valence-corrected chi connectivity index (χ4v) is 8.71. The molecule has 7 aromatic carbocycles. The molecule has 3 heterocycles. The van der Waals surface area contributed by atoms with E-state index in [1.165, 1.54) is 25.7 Å². The average Bonchev–Trinajstić information content (AvgIpc) is 3.81. The second-order valence-electron chi connectivity index (χ2n) is 13.5. The minimum absolute atomic E-state index is 0.162. The summed E-state index contributed by atoms with van der Waals surface area (Å²) in [5, 5.41) is 4.41. The van der Waals surface area contributed by atoms with E-state index in [0.29, 0.717) is 28.6 Å². The van der Waals surface area contributed by atoms with Gasteiger partial charge in [-0.3, -0.25) is 0 Å². The molecule has 3 aromatic heterocycles. The van der Waals surface area contributed by atoms with Gasteiger partial charge in [-0.2, -0.15) is 0 Å². The van der Waals surface area contributed by atoms with Gasteiger partial charge in [0, 0.05) is 47.6 Å². The molecular weight excluding hydrogens is 685 g/mol. The van der Waals surface area contributed by atoms with Gasteiger partial charge in [0.1, 0.15) is 50.4 Å². The van der Waals surface area contributed by atoms with E-state index in [2.05, 4.69) is 60.7 Å². The molecule has 0 aliphatic carbocycles. The molecule has 0 fully saturated rings. The van der Waals surface area contributed by atoms with Crippen LogP contribution in [-0.4, -0.2) is 54.2 Å². The number of fused-ring (bicyclic) bond motifs is 6. The topological polar surface area (TPSA) is 51.8 Å². The van der Waals surface area contributed by atoms with Crippen molar-refractivity contribution in [2.75, 3.05) is 0 Å². The number of furan rings is 1. The molecule has 10 heteroatoms. The van der Waals surface area contributed by atoms with Crippen LogP contribution in [0.4, 0.5) is 0 Å². The first-order valence-corrected chi connectivity index (χ1v) is 18.5. The number of hydrogen-bond acceptors (Lipinski definition) is 5. The molecule has 0 N–H and O–H groups in total. The number of nitrogens with zero attached hydrogens (tertiary/aromatic N) is 3. The average molecular weight is 707 g/mol. The van der Waals surface area contributed by atoms with Gasteiger partial charge in [0.25, 0.3) is 0 Å². The Morgan fingerprint density at radius 1 is 0.418 bits per heavy atom. The Hall–Kier alpha value is -6.11. The van der Waals surface area contributed by atoms with E-state index in [1.807, 2.05) is 84.1 Å². The molecule has 4 nitrogen and oxygen atoms in total. The van der Waals surface area contributed by atoms with Crippen molar-refractivity contribution in [1.29, 1.82) is 0 Å². The number of aromatic nitrogens is 3. The van der Waals surface area contributed by atoms with Gasteiger partial charge in [-0.15, -0.1) is 27.7 Å². The van der Waals surface area contributed by atoms with Crippen LogP contribution in [0, 0.1) is 0 Å². The Bertz CT molecular complexity index is 3150. The molecular formula is C45H22B5N3OS. The molecule has 10 radical (unpaired) electrons. The lowest BCUT2D eigenvalue weighted by Crippen LogP contribution is -2.55. The third-order valence-electron chi connectivity index (χ3n) is 10.2. The first-order chi connectivity index (χ1) is 26.8. The fraction of sp³-hybridized carbons (Fsp3) is 0. The normalized spacial score (nSPS) is 11.6. The zero-order chi connectivity index (χ0) is 37.4. The summed E-state index contributed by atoms with van der Waals surface area (Å²) in [6.07, 6.45) is 0. The molecule has 0 aliphatic rings. The maximum atomic E-state index is 6.57. The molecule has 10 rings (SSSR count). The van der Waals surface area contributed by atoms with Crippen molar-refractivity contribution >= 4 is 120 Å². The van der Waals surface area contributed by atoms with Gasteiger partial charge in [-0.1, -0.05) is 114 Å². The highest BCUT2D eigenvalue weighted by atomic mass is 32.1. The van der Waals surface area contributed by atoms with Gasteiger partial charge >= 0.3 is 0 Å². The van der Waals surface area contributed by atoms with Crippen LogP contribution >= 0.6 is 11.3 Å². The minimum atomic E-state index is 0.162. The van der Waals surface area contributed by atoms with Gasteiger partial charge in [-0.25, -0.2) is 15.0 Å². The molecule has 0 amide bonds. The smallest absolute Gasteiger partial charge is 0.164 e. The van der Waals surface area contributed by atoms with Crippen molar-refractivity contribution in [1.82, 2.24) is 15.0 Å². The molecule has 0 saturated carbocycles. The first-order valence-electron chi connectivity index (χ1n) is 17.6. The van der Waals surface area contributed by atoms with Gasteiger partial charge in [0.15, 0.2) is 17.5 Å². The molecule has 0 spiro atoms. The molecule has 0 saturated heterocycles. The van der Waals surface area contributed by atoms with Crippen molar-refractivity contribution in [3.05, 3.63) is 133 Å². The largest absolute Gasteiger partial charge is 0.456 e. The highest BCUT2D eigenvalue weighted by Gasteiger charge is 2.20. The third-order valence-corrected chi connectivity index (χ3v) is 11.4. The Kier molecular flexibility index (Phi) is 7.93. The fourth-order valence-electron chi connectivity index (χ4n) is 7.47. The summed E-state index contributed by atoms with van der Waals surface area (Å²) in [5.74, 6) is 1.49. The molecule has 0 atom stereocenters. The molecule has 244 valence electrons. The van der Waals surface area contributed by atoms with Crippen molar-refractivity contribution in [3.63, 3.8) is 0 Å². The van der Waals surface area contributed by atoms with E-state index < -0.39 is 0 Å². The highest BCUT2D eigenvalue weighted by Crippen LogP contribution is 2.42. The number of rotatable bonds is 5. The summed E-state index contributed by atoms with van der Waals surface area (Å²) < 4.78 is 9.09. The van der Waals surface area contributed by atoms with Gasteiger partial charge in [-0.05, 0) is 52.6 Å². The Balaban J connectivity index is 1.14. The summed E-state index contributed by atoms with van der Waals surface area (Å²) in [7, 11) is 31.5. The van der Waals surface area contributed by atoms with E-state index in [0.717, 1.165) is 44.2 Å². The standard InChI is InChI=1S/C45H22B5N3OS/c46-37-35(38(47)40(49)41(50)39(37)48)25-11-6-12-26(21-25)44-51-43(23-9-2-1-3-10-23)52-45(53-44)31-16-8-17-32-36(31)30-20-19-24(22-33(30)54-32)27-14-7-15-29-28-13-4-5-18-34(28)55-42(27)29/h1-22H. The first kappa shape index (κ1) is 33.5. The van der Waals surface area contributed by atoms with E-state index >= 15 is 0 Å². The second-order valence-corrected chi connectivity index (χ2v) is 14.5. The van der Waals surface area contributed by atoms with Crippen LogP contribution in [0.25, 0.3) is 98.5 Å². The summed E-state index contributed by atoms with van der Waals surface area (Å²) in [4.78, 5) is 15.1. The van der Waals surface area contributed by atoms with Crippen LogP contribution in [-0.2, 0) is 0 Å². The summed E-state index contributed by atoms with van der Waals surface area (Å²) in [6, 6.07) is 44.9. The molecule has 10 aromatic rings. The van der Waals surface area contributed by atoms with Crippen molar-refractivity contribution in [2.45, 2.75) is 0 Å². The van der Waals surface area contributed by atoms with Crippen molar-refractivity contribution in [3.8, 4) is 56.4 Å². The van der Waals surface area contributed by atoms with Crippen LogP contribution in [0.5, 0.6) is 0 Å². The lowest BCUT2D eigenvalue weighted by Gasteiger charge is -2.21. The van der Waals surface area contributed by atoms with E-state index in [4.69, 9.17) is 58.6 Å². The summed E-state index contributed by atoms with van der Waals surface area (Å²) >= 11 is 1.81. The lowest BCUT2D eigenvalue weighted by atomic mass is 9.59. The molecule has 0 bridgehead atoms. The van der Waals surface area contributed by atoms with Gasteiger partial charge in [0.05, 0.1) is 0 Å². The molecule has 55 heavy (non-hydrogen) atoms. The van der Waals surface area contributed by atoms with E-state index in [9.17, 15) is 0 Å². The third kappa shape index (κ3) is 5.46. The maximum absolute atomic E-state index is 6.57. The summed E-state index contributed by atoms with van der Waals surface area (Å²) in [5.41, 5.74) is 8.40. The van der Waals surface area contributed by atoms with Crippen LogP contribution < -0.4 is 27.3 Å². The van der Waals surface area contributed by atoms with Crippen molar-refractivity contribution in [2.24, 2.45) is 0 Å². The molecule has 0 aliphatic heterocycles. The van der Waals surface area contributed by atoms with Gasteiger partial charge in [0.2, 0.25) is 0 Å². The zero-order valence-electron chi connectivity index (χ0n) is 29.2. The minimum Gasteiger partial charge on any atom is -0.456 e. The number of benzene rings is 7. The van der Waals surface area contributed by atoms with E-state index in [1.54, 1.807) is 0 Å². The van der Waals surface area contributed by atoms with Gasteiger partial charge < -0.3 is 4.42 Å². The van der Waals surface area contributed by atoms with Crippen molar-refractivity contribution < 1.29 is 4.42 Å². The maximum Gasteiger partial charge on any atom is 0.164 e. The van der Waals surface area contributed by atoms with Crippen LogP contribution in [0.1, 0.15) is 0 Å². The quantitative estimate of drug-likeness (QED) is 0.194. The molecule has 0 unspecified atom stereocenters. The van der Waals surface area contributed by atoms with E-state index in [-0.39, 0.29) is 27.3 Å². The summed E-state index contributed by atoms with van der Waals surface area (Å²) in [6.45, 7) is 0. The van der Waals surface area contributed by atoms with Crippen LogP contribution in [0.3, 0.4) is 0 Å². The predicted octanol–water partition coefficient (Wildman–Crippen LogP) is 6.44. The number of thiophene rings is 1. The Morgan fingerprint density at radius 2 is 1.04 bits per heavy atom.